The quantitative estimate of drug-likeness (QED) is 0.457. The maximum atomic E-state index is 11.1. The zero-order valence-electron chi connectivity index (χ0n) is 8.08. The zero-order valence-corrected chi connectivity index (χ0v) is 8.08. The molecule has 0 amide bonds. The smallest absolute Gasteiger partial charge is 0.306 e. The van der Waals surface area contributed by atoms with Gasteiger partial charge in [-0.2, -0.15) is 0 Å². The largest absolute Gasteiger partial charge is 0.458 e. The lowest BCUT2D eigenvalue weighted by Gasteiger charge is -2.20. The molecule has 0 radical (unpaired) electrons. The highest BCUT2D eigenvalue weighted by Gasteiger charge is 2.33. The lowest BCUT2D eigenvalue weighted by molar-refractivity contribution is -0.140. The SMILES string of the molecule is C[C@H]1CC(=O)O[C@@H]1C1=CCCCC1. The molecule has 0 aromatic carbocycles. The van der Waals surface area contributed by atoms with Crippen molar-refractivity contribution in [1.82, 2.24) is 0 Å². The minimum absolute atomic E-state index is 0.0241. The number of esters is 1. The Bertz CT molecular complexity index is 242. The van der Waals surface area contributed by atoms with E-state index in [0.29, 0.717) is 12.3 Å². The molecule has 0 spiro atoms. The number of ether oxygens (including phenoxy) is 1. The second-order valence-electron chi connectivity index (χ2n) is 4.12. The Hall–Kier alpha value is -0.790. The van der Waals surface area contributed by atoms with Crippen molar-refractivity contribution in [3.8, 4) is 0 Å². The molecule has 1 aliphatic carbocycles. The van der Waals surface area contributed by atoms with Crippen molar-refractivity contribution < 1.29 is 9.53 Å². The van der Waals surface area contributed by atoms with Crippen LogP contribution in [-0.2, 0) is 9.53 Å². The average molecular weight is 180 g/mol. The van der Waals surface area contributed by atoms with Crippen LogP contribution in [0.15, 0.2) is 11.6 Å². The van der Waals surface area contributed by atoms with Crippen molar-refractivity contribution in [3.05, 3.63) is 11.6 Å². The van der Waals surface area contributed by atoms with Crippen molar-refractivity contribution >= 4 is 5.97 Å². The second kappa shape index (κ2) is 3.52. The van der Waals surface area contributed by atoms with Gasteiger partial charge in [0.2, 0.25) is 0 Å². The standard InChI is InChI=1S/C11H16O2/c1-8-7-10(12)13-11(8)9-5-3-2-4-6-9/h5,8,11H,2-4,6-7H2,1H3/t8-,11-/m0/s1. The third-order valence-electron chi connectivity index (χ3n) is 2.96. The van der Waals surface area contributed by atoms with E-state index in [1.54, 1.807) is 0 Å². The number of carbonyl (C=O) groups is 1. The van der Waals surface area contributed by atoms with Crippen LogP contribution in [0.1, 0.15) is 39.0 Å². The maximum Gasteiger partial charge on any atom is 0.306 e. The summed E-state index contributed by atoms with van der Waals surface area (Å²) >= 11 is 0. The Labute approximate surface area is 79.0 Å². The van der Waals surface area contributed by atoms with Gasteiger partial charge in [-0.25, -0.2) is 0 Å². The molecule has 0 saturated carbocycles. The number of rotatable bonds is 1. The Balaban J connectivity index is 2.07. The van der Waals surface area contributed by atoms with Crippen LogP contribution in [0.3, 0.4) is 0 Å². The van der Waals surface area contributed by atoms with Crippen molar-refractivity contribution in [1.29, 1.82) is 0 Å². The van der Waals surface area contributed by atoms with Gasteiger partial charge < -0.3 is 4.74 Å². The first-order chi connectivity index (χ1) is 6.27. The van der Waals surface area contributed by atoms with Crippen LogP contribution in [0.2, 0.25) is 0 Å². The van der Waals surface area contributed by atoms with Crippen molar-refractivity contribution in [2.24, 2.45) is 5.92 Å². The number of carbonyl (C=O) groups excluding carboxylic acids is 1. The molecule has 0 aromatic rings. The lowest BCUT2D eigenvalue weighted by atomic mass is 9.89. The highest BCUT2D eigenvalue weighted by Crippen LogP contribution is 2.32. The predicted octanol–water partition coefficient (Wildman–Crippen LogP) is 2.44. The van der Waals surface area contributed by atoms with Crippen LogP contribution in [0, 0.1) is 5.92 Å². The molecule has 2 rings (SSSR count). The summed E-state index contributed by atoms with van der Waals surface area (Å²) in [6, 6.07) is 0. The molecule has 2 nitrogen and oxygen atoms in total. The van der Waals surface area contributed by atoms with E-state index in [4.69, 9.17) is 4.74 Å². The molecule has 1 saturated heterocycles. The van der Waals surface area contributed by atoms with Gasteiger partial charge in [0, 0.05) is 5.92 Å². The van der Waals surface area contributed by atoms with Gasteiger partial charge in [0.05, 0.1) is 6.42 Å². The molecule has 13 heavy (non-hydrogen) atoms. The fourth-order valence-electron chi connectivity index (χ4n) is 2.24. The minimum atomic E-state index is -0.0241. The van der Waals surface area contributed by atoms with Crippen LogP contribution < -0.4 is 0 Å². The number of hydrogen-bond donors (Lipinski definition) is 0. The third kappa shape index (κ3) is 1.77. The summed E-state index contributed by atoms with van der Waals surface area (Å²) in [5.41, 5.74) is 1.37. The minimum Gasteiger partial charge on any atom is -0.458 e. The molecule has 2 heteroatoms. The first kappa shape index (κ1) is 8.79. The van der Waals surface area contributed by atoms with Crippen LogP contribution in [0.5, 0.6) is 0 Å². The Morgan fingerprint density at radius 3 is 2.85 bits per heavy atom. The van der Waals surface area contributed by atoms with Crippen LogP contribution >= 0.6 is 0 Å². The Morgan fingerprint density at radius 2 is 2.31 bits per heavy atom. The summed E-state index contributed by atoms with van der Waals surface area (Å²) < 4.78 is 5.31. The first-order valence-electron chi connectivity index (χ1n) is 5.16. The van der Waals surface area contributed by atoms with Gasteiger partial charge in [-0.1, -0.05) is 13.0 Å². The molecule has 1 heterocycles. The van der Waals surface area contributed by atoms with Crippen LogP contribution in [-0.4, -0.2) is 12.1 Å². The van der Waals surface area contributed by atoms with Gasteiger partial charge in [-0.05, 0) is 31.3 Å². The Kier molecular flexibility index (Phi) is 2.38. The van der Waals surface area contributed by atoms with Gasteiger partial charge in [-0.15, -0.1) is 0 Å². The molecule has 0 aromatic heterocycles. The normalized spacial score (nSPS) is 34.2. The molecule has 0 unspecified atom stereocenters. The fraction of sp³-hybridized carbons (Fsp3) is 0.727. The highest BCUT2D eigenvalue weighted by atomic mass is 16.5. The molecule has 0 bridgehead atoms. The summed E-state index contributed by atoms with van der Waals surface area (Å²) in [7, 11) is 0. The molecular formula is C11H16O2. The van der Waals surface area contributed by atoms with E-state index in [1.807, 2.05) is 0 Å². The molecule has 0 N–H and O–H groups in total. The topological polar surface area (TPSA) is 26.3 Å². The van der Waals surface area contributed by atoms with Gasteiger partial charge >= 0.3 is 5.97 Å². The van der Waals surface area contributed by atoms with Gasteiger partial charge in [-0.3, -0.25) is 4.79 Å². The van der Waals surface area contributed by atoms with Crippen molar-refractivity contribution in [3.63, 3.8) is 0 Å². The molecular weight excluding hydrogens is 164 g/mol. The van der Waals surface area contributed by atoms with E-state index < -0.39 is 0 Å². The molecule has 72 valence electrons. The van der Waals surface area contributed by atoms with E-state index in [9.17, 15) is 4.79 Å². The van der Waals surface area contributed by atoms with Crippen LogP contribution in [0.4, 0.5) is 0 Å². The van der Waals surface area contributed by atoms with Gasteiger partial charge in [0.25, 0.3) is 0 Å². The number of cyclic esters (lactones) is 1. The summed E-state index contributed by atoms with van der Waals surface area (Å²) in [6.07, 6.45) is 7.81. The molecule has 1 fully saturated rings. The molecule has 1 aliphatic heterocycles. The van der Waals surface area contributed by atoms with E-state index in [1.165, 1.54) is 18.4 Å². The van der Waals surface area contributed by atoms with E-state index in [0.717, 1.165) is 12.8 Å². The first-order valence-corrected chi connectivity index (χ1v) is 5.16. The summed E-state index contributed by atoms with van der Waals surface area (Å²) in [4.78, 5) is 11.1. The van der Waals surface area contributed by atoms with E-state index in [-0.39, 0.29) is 12.1 Å². The monoisotopic (exact) mass is 180 g/mol. The molecule has 2 aliphatic rings. The highest BCUT2D eigenvalue weighted by molar-refractivity contribution is 5.72. The predicted molar refractivity (Wildman–Crippen MR) is 50.2 cm³/mol. The number of hydrogen-bond acceptors (Lipinski definition) is 2. The maximum absolute atomic E-state index is 11.1. The van der Waals surface area contributed by atoms with E-state index in [2.05, 4.69) is 13.0 Å². The van der Waals surface area contributed by atoms with E-state index >= 15 is 0 Å². The second-order valence-corrected chi connectivity index (χ2v) is 4.12. The zero-order chi connectivity index (χ0) is 9.26. The summed E-state index contributed by atoms with van der Waals surface area (Å²) in [5, 5.41) is 0. The summed E-state index contributed by atoms with van der Waals surface area (Å²) in [6.45, 7) is 2.10. The van der Waals surface area contributed by atoms with Gasteiger partial charge in [0.15, 0.2) is 0 Å². The third-order valence-corrected chi connectivity index (χ3v) is 2.96. The molecule has 2 atom stereocenters. The van der Waals surface area contributed by atoms with Crippen LogP contribution in [0.25, 0.3) is 0 Å². The van der Waals surface area contributed by atoms with Crippen molar-refractivity contribution in [2.75, 3.05) is 0 Å². The van der Waals surface area contributed by atoms with Crippen molar-refractivity contribution in [2.45, 2.75) is 45.1 Å². The Morgan fingerprint density at radius 1 is 1.46 bits per heavy atom. The average Bonchev–Trinajstić information content (AvgIpc) is 2.47. The van der Waals surface area contributed by atoms with Gasteiger partial charge in [0.1, 0.15) is 6.10 Å². The fourth-order valence-corrected chi connectivity index (χ4v) is 2.24. The summed E-state index contributed by atoms with van der Waals surface area (Å²) in [5.74, 6) is 0.362. The lowest BCUT2D eigenvalue weighted by Crippen LogP contribution is -2.18. The number of allylic oxidation sites excluding steroid dienone is 1.